The summed E-state index contributed by atoms with van der Waals surface area (Å²) in [6.07, 6.45) is -2.36. The normalized spacial score (nSPS) is 15.7. The van der Waals surface area contributed by atoms with E-state index < -0.39 is 26.0 Å². The molecule has 5 heteroatoms. The molecule has 0 fully saturated rings. The third-order valence-corrected chi connectivity index (χ3v) is 8.02. The van der Waals surface area contributed by atoms with E-state index in [1.807, 2.05) is 73.8 Å². The van der Waals surface area contributed by atoms with Crippen LogP contribution in [0.25, 0.3) is 0 Å². The predicted octanol–water partition coefficient (Wildman–Crippen LogP) is 1.44. The van der Waals surface area contributed by atoms with Crippen LogP contribution in [0.15, 0.2) is 60.7 Å². The second-order valence-electron chi connectivity index (χ2n) is 6.59. The quantitative estimate of drug-likeness (QED) is 0.633. The van der Waals surface area contributed by atoms with E-state index in [0.29, 0.717) is 6.61 Å². The summed E-state index contributed by atoms with van der Waals surface area (Å²) in [4.78, 5) is 0. The molecule has 0 amide bonds. The van der Waals surface area contributed by atoms with Gasteiger partial charge in [0.2, 0.25) is 0 Å². The minimum Gasteiger partial charge on any atom is -0.393 e. The van der Waals surface area contributed by atoms with Crippen molar-refractivity contribution in [2.45, 2.75) is 37.6 Å². The van der Waals surface area contributed by atoms with Crippen molar-refractivity contribution in [3.63, 3.8) is 0 Å². The van der Waals surface area contributed by atoms with Crippen molar-refractivity contribution in [2.75, 3.05) is 6.61 Å². The van der Waals surface area contributed by atoms with Crippen LogP contribution in [-0.4, -0.2) is 47.9 Å². The van der Waals surface area contributed by atoms with Gasteiger partial charge >= 0.3 is 0 Å². The summed E-state index contributed by atoms with van der Waals surface area (Å²) in [6.45, 7) is 4.30. The Labute approximate surface area is 144 Å². The summed E-state index contributed by atoms with van der Waals surface area (Å²) in [5.74, 6) is 0. The topological polar surface area (TPSA) is 69.9 Å². The average molecular weight is 346 g/mol. The Hall–Kier alpha value is -1.50. The Kier molecular flexibility index (Phi) is 6.71. The summed E-state index contributed by atoms with van der Waals surface area (Å²) >= 11 is 0. The van der Waals surface area contributed by atoms with Crippen LogP contribution in [0.2, 0.25) is 13.1 Å². The zero-order valence-corrected chi connectivity index (χ0v) is 15.2. The fourth-order valence-corrected chi connectivity index (χ4v) is 5.12. The van der Waals surface area contributed by atoms with Gasteiger partial charge in [-0.05, 0) is 5.56 Å². The molecule has 0 aromatic heterocycles. The number of aliphatic hydroxyl groups is 3. The molecule has 0 unspecified atom stereocenters. The van der Waals surface area contributed by atoms with Crippen molar-refractivity contribution >= 4 is 13.3 Å². The maximum Gasteiger partial charge on any atom is 0.116 e. The van der Waals surface area contributed by atoms with Gasteiger partial charge < -0.3 is 20.1 Å². The molecule has 2 aromatic rings. The lowest BCUT2D eigenvalue weighted by atomic mass is 10.2. The number of hydrogen-bond donors (Lipinski definition) is 3. The smallest absolute Gasteiger partial charge is 0.116 e. The molecule has 130 valence electrons. The summed E-state index contributed by atoms with van der Waals surface area (Å²) in [5, 5.41) is 32.1. The largest absolute Gasteiger partial charge is 0.393 e. The van der Waals surface area contributed by atoms with E-state index in [0.717, 1.165) is 10.8 Å². The number of ether oxygens (including phenoxy) is 1. The van der Waals surface area contributed by atoms with Crippen LogP contribution in [-0.2, 0) is 11.3 Å². The van der Waals surface area contributed by atoms with Crippen LogP contribution in [0, 0.1) is 0 Å². The van der Waals surface area contributed by atoms with Crippen molar-refractivity contribution in [1.29, 1.82) is 0 Å². The Bertz CT molecular complexity index is 603. The van der Waals surface area contributed by atoms with Gasteiger partial charge in [0.25, 0.3) is 0 Å². The third-order valence-electron chi connectivity index (χ3n) is 4.38. The lowest BCUT2D eigenvalue weighted by Gasteiger charge is -2.34. The van der Waals surface area contributed by atoms with Crippen molar-refractivity contribution in [3.05, 3.63) is 66.2 Å². The summed E-state index contributed by atoms with van der Waals surface area (Å²) in [7, 11) is -2.32. The van der Waals surface area contributed by atoms with Gasteiger partial charge in [-0.1, -0.05) is 78.9 Å². The zero-order chi connectivity index (χ0) is 17.6. The van der Waals surface area contributed by atoms with Crippen LogP contribution in [0.4, 0.5) is 0 Å². The second kappa shape index (κ2) is 8.55. The highest BCUT2D eigenvalue weighted by Crippen LogP contribution is 2.15. The molecule has 0 spiro atoms. The highest BCUT2D eigenvalue weighted by atomic mass is 28.3. The summed E-state index contributed by atoms with van der Waals surface area (Å²) < 4.78 is 5.47. The van der Waals surface area contributed by atoms with E-state index in [4.69, 9.17) is 4.74 Å². The lowest BCUT2D eigenvalue weighted by Crippen LogP contribution is -2.60. The van der Waals surface area contributed by atoms with Crippen LogP contribution >= 0.6 is 0 Å². The summed E-state index contributed by atoms with van der Waals surface area (Å²) in [6, 6.07) is 19.3. The van der Waals surface area contributed by atoms with Gasteiger partial charge in [0.05, 0.1) is 18.9 Å². The molecule has 0 heterocycles. The first-order valence-corrected chi connectivity index (χ1v) is 11.2. The van der Waals surface area contributed by atoms with Crippen LogP contribution in [0.5, 0.6) is 0 Å². The summed E-state index contributed by atoms with van der Waals surface area (Å²) in [5.41, 5.74) is 0.0222. The minimum atomic E-state index is -2.32. The molecule has 2 aromatic carbocycles. The third kappa shape index (κ3) is 4.75. The molecule has 0 radical (unpaired) electrons. The molecule has 0 aliphatic heterocycles. The molecule has 0 bridgehead atoms. The fourth-order valence-electron chi connectivity index (χ4n) is 2.65. The Balaban J connectivity index is 1.90. The van der Waals surface area contributed by atoms with Gasteiger partial charge in [0.1, 0.15) is 20.3 Å². The molecule has 3 atom stereocenters. The van der Waals surface area contributed by atoms with Crippen LogP contribution in [0.1, 0.15) is 5.56 Å². The Morgan fingerprint density at radius 2 is 1.42 bits per heavy atom. The van der Waals surface area contributed by atoms with Crippen LogP contribution < -0.4 is 5.19 Å². The Morgan fingerprint density at radius 3 is 2.00 bits per heavy atom. The van der Waals surface area contributed by atoms with Crippen molar-refractivity contribution in [1.82, 2.24) is 0 Å². The molecule has 0 aliphatic carbocycles. The number of rotatable bonds is 8. The number of benzene rings is 2. The van der Waals surface area contributed by atoms with Crippen molar-refractivity contribution in [2.24, 2.45) is 0 Å². The van der Waals surface area contributed by atoms with Gasteiger partial charge in [0, 0.05) is 0 Å². The highest BCUT2D eigenvalue weighted by molar-refractivity contribution is 6.90. The first kappa shape index (κ1) is 18.8. The maximum absolute atomic E-state index is 10.6. The fraction of sp³-hybridized carbons (Fsp3) is 0.368. The van der Waals surface area contributed by atoms with E-state index in [1.54, 1.807) is 0 Å². The Morgan fingerprint density at radius 1 is 0.875 bits per heavy atom. The van der Waals surface area contributed by atoms with E-state index >= 15 is 0 Å². The molecular formula is C19H26O4Si. The molecule has 3 N–H and O–H groups in total. The molecule has 0 aliphatic rings. The lowest BCUT2D eigenvalue weighted by molar-refractivity contribution is -0.0722. The van der Waals surface area contributed by atoms with Gasteiger partial charge in [-0.25, -0.2) is 0 Å². The van der Waals surface area contributed by atoms with E-state index in [9.17, 15) is 15.3 Å². The first-order chi connectivity index (χ1) is 11.4. The van der Waals surface area contributed by atoms with Gasteiger partial charge in [0.15, 0.2) is 0 Å². The number of hydrogen-bond acceptors (Lipinski definition) is 4. The number of aliphatic hydroxyl groups excluding tert-OH is 3. The minimum absolute atomic E-state index is 0.0214. The molecule has 2 rings (SSSR count). The van der Waals surface area contributed by atoms with Crippen LogP contribution in [0.3, 0.4) is 0 Å². The monoisotopic (exact) mass is 346 g/mol. The SMILES string of the molecule is C[Si](C)(c1ccccc1)[C@@H](O)[C@@H](O)[C@@H](O)COCc1ccccc1. The van der Waals surface area contributed by atoms with Gasteiger partial charge in [-0.15, -0.1) is 0 Å². The first-order valence-electron chi connectivity index (χ1n) is 8.14. The predicted molar refractivity (Wildman–Crippen MR) is 97.7 cm³/mol. The van der Waals surface area contributed by atoms with Crippen molar-refractivity contribution in [3.8, 4) is 0 Å². The van der Waals surface area contributed by atoms with E-state index in [-0.39, 0.29) is 6.61 Å². The average Bonchev–Trinajstić information content (AvgIpc) is 2.62. The van der Waals surface area contributed by atoms with Gasteiger partial charge in [-0.2, -0.15) is 0 Å². The van der Waals surface area contributed by atoms with E-state index in [1.165, 1.54) is 0 Å². The standard InChI is InChI=1S/C19H26O4Si/c1-24(2,16-11-7-4-8-12-16)19(22)18(21)17(20)14-23-13-15-9-5-3-6-10-15/h3-12,17-22H,13-14H2,1-2H3/t17-,18-,19+/m0/s1. The highest BCUT2D eigenvalue weighted by Gasteiger charge is 2.39. The van der Waals surface area contributed by atoms with E-state index in [2.05, 4.69) is 0 Å². The molecule has 24 heavy (non-hydrogen) atoms. The second-order valence-corrected chi connectivity index (χ2v) is 11.2. The zero-order valence-electron chi connectivity index (χ0n) is 14.2. The molecule has 4 nitrogen and oxygen atoms in total. The molecule has 0 saturated heterocycles. The van der Waals surface area contributed by atoms with Gasteiger partial charge in [-0.3, -0.25) is 0 Å². The maximum atomic E-state index is 10.6. The molecular weight excluding hydrogens is 320 g/mol. The van der Waals surface area contributed by atoms with Crippen molar-refractivity contribution < 1.29 is 20.1 Å². The molecule has 0 saturated carbocycles.